The molecule has 0 fully saturated rings. The van der Waals surface area contributed by atoms with E-state index >= 15 is 0 Å². The third-order valence-corrected chi connectivity index (χ3v) is 3.39. The maximum Gasteiger partial charge on any atom is 0.416 e. The van der Waals surface area contributed by atoms with Crippen LogP contribution in [0.5, 0.6) is 11.5 Å². The third kappa shape index (κ3) is 5.51. The number of carbonyl (C=O) groups is 1. The number of hydrazone groups is 1. The minimum absolute atomic E-state index is 0.244. The average Bonchev–Trinajstić information content (AvgIpc) is 2.64. The molecule has 5 nitrogen and oxygen atoms in total. The van der Waals surface area contributed by atoms with Gasteiger partial charge in [-0.2, -0.15) is 18.3 Å². The summed E-state index contributed by atoms with van der Waals surface area (Å²) in [5.74, 6) is 0.592. The van der Waals surface area contributed by atoms with E-state index < -0.39 is 17.6 Å². The van der Waals surface area contributed by atoms with Gasteiger partial charge in [0.25, 0.3) is 5.91 Å². The number of halogens is 3. The zero-order valence-electron chi connectivity index (χ0n) is 14.1. The number of hydrogen-bond donors (Lipinski definition) is 1. The molecule has 138 valence electrons. The van der Waals surface area contributed by atoms with E-state index in [0.29, 0.717) is 11.5 Å². The van der Waals surface area contributed by atoms with Gasteiger partial charge in [-0.15, -0.1) is 0 Å². The van der Waals surface area contributed by atoms with Gasteiger partial charge in [0.2, 0.25) is 0 Å². The normalized spacial score (nSPS) is 11.8. The highest BCUT2D eigenvalue weighted by Crippen LogP contribution is 2.29. The van der Waals surface area contributed by atoms with Gasteiger partial charge >= 0.3 is 6.18 Å². The minimum Gasteiger partial charge on any atom is -0.497 e. The van der Waals surface area contributed by atoms with E-state index in [-0.39, 0.29) is 17.9 Å². The molecule has 0 aromatic heterocycles. The first-order valence-electron chi connectivity index (χ1n) is 7.57. The molecular formula is C18H17F3N2O3. The molecule has 0 saturated carbocycles. The van der Waals surface area contributed by atoms with Gasteiger partial charge in [-0.25, -0.2) is 5.43 Å². The van der Waals surface area contributed by atoms with Crippen LogP contribution in [0.1, 0.15) is 18.1 Å². The Labute approximate surface area is 148 Å². The molecule has 0 aliphatic rings. The Morgan fingerprint density at radius 1 is 1.12 bits per heavy atom. The van der Waals surface area contributed by atoms with Gasteiger partial charge in [-0.1, -0.05) is 12.1 Å². The van der Waals surface area contributed by atoms with Crippen molar-refractivity contribution in [3.63, 3.8) is 0 Å². The average molecular weight is 366 g/mol. The summed E-state index contributed by atoms with van der Waals surface area (Å²) in [5, 5.41) is 3.81. The second kappa shape index (κ2) is 8.37. The number of nitrogens with zero attached hydrogens (tertiary/aromatic N) is 1. The highest BCUT2D eigenvalue weighted by Gasteiger charge is 2.30. The smallest absolute Gasteiger partial charge is 0.416 e. The molecule has 0 aliphatic carbocycles. The number of alkyl halides is 3. The molecule has 0 unspecified atom stereocenters. The third-order valence-electron chi connectivity index (χ3n) is 3.39. The van der Waals surface area contributed by atoms with Crippen LogP contribution in [0.4, 0.5) is 13.2 Å². The Morgan fingerprint density at radius 3 is 2.38 bits per heavy atom. The predicted octanol–water partition coefficient (Wildman–Crippen LogP) is 3.63. The van der Waals surface area contributed by atoms with E-state index in [4.69, 9.17) is 9.47 Å². The zero-order valence-corrected chi connectivity index (χ0v) is 14.1. The molecule has 8 heteroatoms. The van der Waals surface area contributed by atoms with E-state index in [2.05, 4.69) is 10.5 Å². The van der Waals surface area contributed by atoms with Crippen molar-refractivity contribution in [2.75, 3.05) is 13.7 Å². The minimum atomic E-state index is -4.44. The summed E-state index contributed by atoms with van der Waals surface area (Å²) in [5.41, 5.74) is 1.98. The number of benzene rings is 2. The summed E-state index contributed by atoms with van der Waals surface area (Å²) in [6, 6.07) is 11.4. The first-order chi connectivity index (χ1) is 12.3. The number of nitrogens with one attached hydrogen (secondary N) is 1. The van der Waals surface area contributed by atoms with Crippen molar-refractivity contribution in [3.8, 4) is 11.5 Å². The van der Waals surface area contributed by atoms with Crippen molar-refractivity contribution < 1.29 is 27.4 Å². The van der Waals surface area contributed by atoms with E-state index in [1.165, 1.54) is 26.2 Å². The largest absolute Gasteiger partial charge is 0.497 e. The molecule has 26 heavy (non-hydrogen) atoms. The Kier molecular flexibility index (Phi) is 6.21. The molecular weight excluding hydrogens is 349 g/mol. The van der Waals surface area contributed by atoms with Crippen LogP contribution in [0, 0.1) is 0 Å². The number of methoxy groups -OCH3 is 1. The fraction of sp³-hybridized carbons (Fsp3) is 0.222. The van der Waals surface area contributed by atoms with Gasteiger partial charge < -0.3 is 9.47 Å². The number of ether oxygens (including phenoxy) is 2. The van der Waals surface area contributed by atoms with Crippen LogP contribution in [-0.4, -0.2) is 25.3 Å². The van der Waals surface area contributed by atoms with E-state index in [0.717, 1.165) is 12.1 Å². The van der Waals surface area contributed by atoms with Crippen LogP contribution in [0.15, 0.2) is 53.6 Å². The van der Waals surface area contributed by atoms with E-state index in [1.807, 2.05) is 0 Å². The van der Waals surface area contributed by atoms with Crippen LogP contribution in [0.25, 0.3) is 0 Å². The maximum absolute atomic E-state index is 12.7. The SMILES string of the molecule is COc1ccc(OCC(=O)N/N=C(/C)c2cccc(C(F)(F)F)c2)cc1. The summed E-state index contributed by atoms with van der Waals surface area (Å²) < 4.78 is 48.5. The van der Waals surface area contributed by atoms with Crippen molar-refractivity contribution >= 4 is 11.6 Å². The summed E-state index contributed by atoms with van der Waals surface area (Å²) in [7, 11) is 1.54. The molecule has 0 spiro atoms. The van der Waals surface area contributed by atoms with Gasteiger partial charge in [0, 0.05) is 0 Å². The van der Waals surface area contributed by atoms with Gasteiger partial charge in [0.05, 0.1) is 18.4 Å². The summed E-state index contributed by atoms with van der Waals surface area (Å²) in [6.07, 6.45) is -4.44. The first kappa shape index (κ1) is 19.3. The lowest BCUT2D eigenvalue weighted by molar-refractivity contribution is -0.137. The second-order valence-electron chi connectivity index (χ2n) is 5.27. The Morgan fingerprint density at radius 2 is 1.77 bits per heavy atom. The Hall–Kier alpha value is -3.03. The molecule has 2 rings (SSSR count). The lowest BCUT2D eigenvalue weighted by atomic mass is 10.1. The van der Waals surface area contributed by atoms with E-state index in [1.54, 1.807) is 24.3 Å². The first-order valence-corrected chi connectivity index (χ1v) is 7.57. The molecule has 0 radical (unpaired) electrons. The second-order valence-corrected chi connectivity index (χ2v) is 5.27. The highest BCUT2D eigenvalue weighted by atomic mass is 19.4. The molecule has 2 aromatic carbocycles. The van der Waals surface area contributed by atoms with Crippen LogP contribution >= 0.6 is 0 Å². The van der Waals surface area contributed by atoms with Crippen LogP contribution in [0.2, 0.25) is 0 Å². The number of hydrogen-bond acceptors (Lipinski definition) is 4. The van der Waals surface area contributed by atoms with Gasteiger partial charge in [-0.3, -0.25) is 4.79 Å². The van der Waals surface area contributed by atoms with Crippen molar-refractivity contribution in [2.45, 2.75) is 13.1 Å². The maximum atomic E-state index is 12.7. The number of carbonyl (C=O) groups excluding carboxylic acids is 1. The fourth-order valence-corrected chi connectivity index (χ4v) is 1.98. The predicted molar refractivity (Wildman–Crippen MR) is 90.3 cm³/mol. The lowest BCUT2D eigenvalue weighted by Crippen LogP contribution is -2.25. The van der Waals surface area contributed by atoms with Crippen LogP contribution in [0.3, 0.4) is 0 Å². The number of amides is 1. The molecule has 0 bridgehead atoms. The molecule has 0 heterocycles. The van der Waals surface area contributed by atoms with Gasteiger partial charge in [-0.05, 0) is 48.9 Å². The molecule has 1 amide bonds. The van der Waals surface area contributed by atoms with E-state index in [9.17, 15) is 18.0 Å². The molecule has 2 aromatic rings. The highest BCUT2D eigenvalue weighted by molar-refractivity contribution is 5.99. The van der Waals surface area contributed by atoms with Crippen molar-refractivity contribution in [1.29, 1.82) is 0 Å². The molecule has 0 aliphatic heterocycles. The Balaban J connectivity index is 1.92. The summed E-state index contributed by atoms with van der Waals surface area (Å²) in [4.78, 5) is 11.8. The van der Waals surface area contributed by atoms with Crippen LogP contribution in [-0.2, 0) is 11.0 Å². The van der Waals surface area contributed by atoms with Gasteiger partial charge in [0.1, 0.15) is 11.5 Å². The number of rotatable bonds is 6. The fourth-order valence-electron chi connectivity index (χ4n) is 1.98. The quantitative estimate of drug-likeness (QED) is 0.627. The molecule has 0 saturated heterocycles. The summed E-state index contributed by atoms with van der Waals surface area (Å²) >= 11 is 0. The van der Waals surface area contributed by atoms with Crippen molar-refractivity contribution in [2.24, 2.45) is 5.10 Å². The monoisotopic (exact) mass is 366 g/mol. The Bertz CT molecular complexity index is 787. The lowest BCUT2D eigenvalue weighted by Gasteiger charge is -2.09. The zero-order chi connectivity index (χ0) is 19.2. The topological polar surface area (TPSA) is 59.9 Å². The summed E-state index contributed by atoms with van der Waals surface area (Å²) in [6.45, 7) is 1.21. The molecule has 1 N–H and O–H groups in total. The van der Waals surface area contributed by atoms with Crippen molar-refractivity contribution in [1.82, 2.24) is 5.43 Å². The van der Waals surface area contributed by atoms with Crippen LogP contribution < -0.4 is 14.9 Å². The van der Waals surface area contributed by atoms with Crippen molar-refractivity contribution in [3.05, 3.63) is 59.7 Å². The molecule has 0 atom stereocenters. The standard InChI is InChI=1S/C18H17F3N2O3/c1-12(13-4-3-5-14(10-13)18(19,20)21)22-23-17(24)11-26-16-8-6-15(25-2)7-9-16/h3-10H,11H2,1-2H3,(H,23,24)/b22-12-. The van der Waals surface area contributed by atoms with Gasteiger partial charge in [0.15, 0.2) is 6.61 Å².